The fourth-order valence-electron chi connectivity index (χ4n) is 3.00. The van der Waals surface area contributed by atoms with Crippen molar-refractivity contribution in [1.29, 1.82) is 0 Å². The fraction of sp³-hybridized carbons (Fsp3) is 0.375. The molecule has 2 unspecified atom stereocenters. The third kappa shape index (κ3) is 4.41. The molecular weight excluding hydrogens is 550 g/mol. The van der Waals surface area contributed by atoms with Crippen LogP contribution in [0.3, 0.4) is 0 Å². The van der Waals surface area contributed by atoms with E-state index in [0.717, 1.165) is 18.5 Å². The maximum atomic E-state index is 11.5. The molecule has 12 nitrogen and oxygen atoms in total. The van der Waals surface area contributed by atoms with Crippen LogP contribution in [0.25, 0.3) is 0 Å². The van der Waals surface area contributed by atoms with Crippen LogP contribution in [0.2, 0.25) is 0 Å². The van der Waals surface area contributed by atoms with Gasteiger partial charge in [0.2, 0.25) is 0 Å². The predicted octanol–water partition coefficient (Wildman–Crippen LogP) is -2.87. The minimum absolute atomic E-state index is 0. The van der Waals surface area contributed by atoms with Crippen LogP contribution in [0.4, 0.5) is 0 Å². The van der Waals surface area contributed by atoms with E-state index < -0.39 is 34.8 Å². The molecule has 0 amide bonds. The summed E-state index contributed by atoms with van der Waals surface area (Å²) in [5, 5.41) is 0. The smallest absolute Gasteiger partial charge is 0.347 e. The van der Waals surface area contributed by atoms with Crippen LogP contribution in [-0.2, 0) is 102 Å². The van der Waals surface area contributed by atoms with Crippen LogP contribution in [0.1, 0.15) is 12.1 Å². The zero-order chi connectivity index (χ0) is 20.6. The fourth-order valence-corrected chi connectivity index (χ4v) is 3.00. The number of hydrogen-bond acceptors (Lipinski definition) is 6. The van der Waals surface area contributed by atoms with E-state index in [9.17, 15) is 28.8 Å². The summed E-state index contributed by atoms with van der Waals surface area (Å²) in [6.07, 6.45) is 9.81. The number of rotatable bonds is 2. The van der Waals surface area contributed by atoms with Crippen molar-refractivity contribution in [1.82, 2.24) is 27.9 Å². The Morgan fingerprint density at radius 2 is 1.03 bits per heavy atom. The number of fused-ring (bicyclic) bond motifs is 2. The Morgan fingerprint density at radius 1 is 0.700 bits per heavy atom. The molecule has 0 saturated carbocycles. The van der Waals surface area contributed by atoms with Gasteiger partial charge in [0.15, 0.2) is 0 Å². The van der Waals surface area contributed by atoms with Crippen LogP contribution in [0, 0.1) is 0 Å². The zero-order valence-electron chi connectivity index (χ0n) is 16.2. The Morgan fingerprint density at radius 3 is 1.33 bits per heavy atom. The second kappa shape index (κ2) is 10.7. The largest absolute Gasteiger partial charge is 0.539 e. The molecule has 0 bridgehead atoms. The molecule has 30 heavy (non-hydrogen) atoms. The van der Waals surface area contributed by atoms with Gasteiger partial charge in [0.05, 0.1) is 13.1 Å². The number of nitrogens with zero attached hydrogens (tertiary/aromatic N) is 6. The van der Waals surface area contributed by atoms with E-state index in [0.29, 0.717) is 13.1 Å². The molecule has 0 aliphatic carbocycles. The molecule has 2 aromatic rings. The summed E-state index contributed by atoms with van der Waals surface area (Å²) in [7, 11) is 2.76. The Hall–Kier alpha value is -1.49. The maximum absolute atomic E-state index is 11.5. The van der Waals surface area contributed by atoms with Gasteiger partial charge in [-0.1, -0.05) is 24.3 Å². The first-order valence-corrected chi connectivity index (χ1v) is 8.18. The minimum Gasteiger partial charge on any atom is -0.539 e. The van der Waals surface area contributed by atoms with E-state index in [4.69, 9.17) is 0 Å². The average Bonchev–Trinajstić information content (AvgIpc) is 3.09. The van der Waals surface area contributed by atoms with E-state index in [-0.39, 0.29) is 65.4 Å². The van der Waals surface area contributed by atoms with Gasteiger partial charge in [-0.2, -0.15) is 0 Å². The molecule has 154 valence electrons. The van der Waals surface area contributed by atoms with E-state index in [2.05, 4.69) is 0 Å². The van der Waals surface area contributed by atoms with Gasteiger partial charge in [-0.15, -0.1) is 0 Å². The third-order valence-corrected chi connectivity index (χ3v) is 4.46. The Bertz CT molecular complexity index is 1140. The second-order valence-electron chi connectivity index (χ2n) is 6.08. The molecule has 0 fully saturated rings. The second-order valence-corrected chi connectivity index (χ2v) is 6.08. The van der Waals surface area contributed by atoms with Crippen LogP contribution in [-0.4, -0.2) is 40.4 Å². The molecule has 0 aromatic carbocycles. The molecule has 2 aromatic heterocycles. The summed E-state index contributed by atoms with van der Waals surface area (Å²) in [5.41, 5.74) is -1.82. The van der Waals surface area contributed by atoms with Gasteiger partial charge in [-0.25, -0.2) is 50.2 Å². The Balaban J connectivity index is 0.000000281. The molecular formula is C16H16N6O6Y2-2. The summed E-state index contributed by atoms with van der Waals surface area (Å²) in [5.74, 6) is 0. The molecule has 4 rings (SSSR count). The number of allylic oxidation sites excluding steroid dienone is 4. The summed E-state index contributed by atoms with van der Waals surface area (Å²) < 4.78 is 6.59. The molecule has 4 heterocycles. The molecule has 0 N–H and O–H groups in total. The van der Waals surface area contributed by atoms with Crippen molar-refractivity contribution >= 4 is 12.6 Å². The van der Waals surface area contributed by atoms with Gasteiger partial charge in [0, 0.05) is 79.5 Å². The van der Waals surface area contributed by atoms with Crippen LogP contribution < -0.4 is 22.8 Å². The first-order chi connectivity index (χ1) is 13.3. The van der Waals surface area contributed by atoms with E-state index in [1.54, 1.807) is 36.9 Å². The van der Waals surface area contributed by atoms with Crippen LogP contribution in [0.5, 0.6) is 0 Å². The SMILES string of the molecule is Cn1c(=O)n2n(c1=O)C([C-]=O)C=CC2.Cn1c(=O)n2n(c1=O)C([C-]=O)C=CC2.[Y].[Y]. The van der Waals surface area contributed by atoms with E-state index in [1.165, 1.54) is 23.5 Å². The number of hydrogen-bond donors (Lipinski definition) is 0. The van der Waals surface area contributed by atoms with Crippen molar-refractivity contribution < 1.29 is 75.0 Å². The summed E-state index contributed by atoms with van der Waals surface area (Å²) >= 11 is 0. The number of carbonyl (C=O) groups excluding carboxylic acids is 2. The van der Waals surface area contributed by atoms with Crippen LogP contribution in [0.15, 0.2) is 43.5 Å². The number of aromatic nitrogens is 6. The van der Waals surface area contributed by atoms with Crippen molar-refractivity contribution in [2.75, 3.05) is 0 Å². The molecule has 2 aliphatic heterocycles. The summed E-state index contributed by atoms with van der Waals surface area (Å²) in [6, 6.07) is -1.57. The van der Waals surface area contributed by atoms with Crippen LogP contribution >= 0.6 is 0 Å². The molecule has 14 heteroatoms. The van der Waals surface area contributed by atoms with Gasteiger partial charge in [-0.05, 0) is 12.1 Å². The van der Waals surface area contributed by atoms with Crippen molar-refractivity contribution in [2.45, 2.75) is 25.2 Å². The van der Waals surface area contributed by atoms with Gasteiger partial charge in [-0.3, -0.25) is 9.36 Å². The van der Waals surface area contributed by atoms with Crippen molar-refractivity contribution in [2.24, 2.45) is 14.1 Å². The predicted molar refractivity (Wildman–Crippen MR) is 95.6 cm³/mol. The molecule has 2 radical (unpaired) electrons. The van der Waals surface area contributed by atoms with Crippen molar-refractivity contribution in [3.05, 3.63) is 66.2 Å². The van der Waals surface area contributed by atoms with Gasteiger partial charge >= 0.3 is 22.8 Å². The van der Waals surface area contributed by atoms with Crippen molar-refractivity contribution in [3.8, 4) is 0 Å². The average molecular weight is 566 g/mol. The molecule has 2 aliphatic rings. The van der Waals surface area contributed by atoms with Gasteiger partial charge in [0.1, 0.15) is 0 Å². The summed E-state index contributed by atoms with van der Waals surface area (Å²) in [6.45, 7) is 0.625. The minimum atomic E-state index is -0.787. The third-order valence-electron chi connectivity index (χ3n) is 4.46. The molecule has 0 spiro atoms. The Kier molecular flexibility index (Phi) is 9.46. The normalized spacial score (nSPS) is 18.1. The first-order valence-electron chi connectivity index (χ1n) is 8.18. The maximum Gasteiger partial charge on any atom is 0.347 e. The first kappa shape index (κ1) is 26.5. The summed E-state index contributed by atoms with van der Waals surface area (Å²) in [4.78, 5) is 66.9. The van der Waals surface area contributed by atoms with E-state index >= 15 is 0 Å². The quantitative estimate of drug-likeness (QED) is 0.284. The monoisotopic (exact) mass is 566 g/mol. The van der Waals surface area contributed by atoms with Gasteiger partial charge < -0.3 is 9.59 Å². The van der Waals surface area contributed by atoms with E-state index in [1.807, 2.05) is 0 Å². The Labute approximate surface area is 219 Å². The molecule has 2 atom stereocenters. The topological polar surface area (TPSA) is 132 Å². The zero-order valence-corrected chi connectivity index (χ0v) is 21.8. The molecule has 0 saturated heterocycles. The van der Waals surface area contributed by atoms with Gasteiger partial charge in [0.25, 0.3) is 0 Å². The standard InChI is InChI=1S/2C8H8N3O3.2Y/c2*1-9-7(13)10-4-2-3-6(5-12)11(10)8(9)14;;/h2*2-3,6H,4H2,1H3;;/q2*-1;;. The van der Waals surface area contributed by atoms with Crippen molar-refractivity contribution in [3.63, 3.8) is 0 Å².